The van der Waals surface area contributed by atoms with Crippen molar-refractivity contribution in [2.75, 3.05) is 24.5 Å². The number of rotatable bonds is 5. The highest BCUT2D eigenvalue weighted by Gasteiger charge is 2.25. The first kappa shape index (κ1) is 14.3. The van der Waals surface area contributed by atoms with E-state index < -0.39 is 0 Å². The van der Waals surface area contributed by atoms with Crippen molar-refractivity contribution < 1.29 is 0 Å². The third kappa shape index (κ3) is 3.03. The smallest absolute Gasteiger partial charge is 0.0726 e. The molecule has 1 aliphatic heterocycles. The first-order chi connectivity index (χ1) is 10.3. The van der Waals surface area contributed by atoms with Crippen molar-refractivity contribution in [2.45, 2.75) is 39.2 Å². The SMILES string of the molecule is CCCNCC1CCCN1c1cc(C)nc2ccccc12. The van der Waals surface area contributed by atoms with Crippen molar-refractivity contribution in [3.05, 3.63) is 36.0 Å². The summed E-state index contributed by atoms with van der Waals surface area (Å²) in [6.07, 6.45) is 3.77. The highest BCUT2D eigenvalue weighted by molar-refractivity contribution is 5.92. The minimum Gasteiger partial charge on any atom is -0.367 e. The van der Waals surface area contributed by atoms with E-state index in [1.54, 1.807) is 0 Å². The topological polar surface area (TPSA) is 28.2 Å². The van der Waals surface area contributed by atoms with Crippen molar-refractivity contribution in [3.63, 3.8) is 0 Å². The number of aryl methyl sites for hydroxylation is 1. The molecule has 2 heterocycles. The molecule has 0 radical (unpaired) electrons. The third-order valence-corrected chi connectivity index (χ3v) is 4.32. The largest absolute Gasteiger partial charge is 0.367 e. The molecule has 0 saturated carbocycles. The minimum atomic E-state index is 0.613. The van der Waals surface area contributed by atoms with Gasteiger partial charge in [-0.1, -0.05) is 25.1 Å². The highest BCUT2D eigenvalue weighted by Crippen LogP contribution is 2.32. The number of aromatic nitrogens is 1. The molecule has 0 aliphatic carbocycles. The van der Waals surface area contributed by atoms with E-state index in [4.69, 9.17) is 0 Å². The third-order valence-electron chi connectivity index (χ3n) is 4.32. The van der Waals surface area contributed by atoms with Gasteiger partial charge in [-0.3, -0.25) is 4.98 Å². The molecule has 3 heteroatoms. The summed E-state index contributed by atoms with van der Waals surface area (Å²) in [7, 11) is 0. The van der Waals surface area contributed by atoms with E-state index in [1.807, 2.05) is 0 Å². The van der Waals surface area contributed by atoms with Crippen LogP contribution in [0.4, 0.5) is 5.69 Å². The van der Waals surface area contributed by atoms with Gasteiger partial charge in [0.05, 0.1) is 5.52 Å². The number of hydrogen-bond acceptors (Lipinski definition) is 3. The molecule has 1 saturated heterocycles. The number of hydrogen-bond donors (Lipinski definition) is 1. The predicted octanol–water partition coefficient (Wildman–Crippen LogP) is 3.51. The van der Waals surface area contributed by atoms with Crippen LogP contribution in [0.15, 0.2) is 30.3 Å². The number of para-hydroxylation sites is 1. The van der Waals surface area contributed by atoms with Gasteiger partial charge in [-0.25, -0.2) is 0 Å². The normalized spacial score (nSPS) is 18.6. The molecule has 1 unspecified atom stereocenters. The number of benzene rings is 1. The minimum absolute atomic E-state index is 0.613. The van der Waals surface area contributed by atoms with E-state index in [9.17, 15) is 0 Å². The van der Waals surface area contributed by atoms with E-state index in [0.717, 1.165) is 30.8 Å². The second-order valence-electron chi connectivity index (χ2n) is 5.99. The van der Waals surface area contributed by atoms with Crippen LogP contribution in [0.2, 0.25) is 0 Å². The molecule has 0 bridgehead atoms. The van der Waals surface area contributed by atoms with Crippen LogP contribution in [-0.4, -0.2) is 30.7 Å². The highest BCUT2D eigenvalue weighted by atomic mass is 15.2. The molecule has 1 atom stereocenters. The van der Waals surface area contributed by atoms with E-state index in [-0.39, 0.29) is 0 Å². The second kappa shape index (κ2) is 6.44. The summed E-state index contributed by atoms with van der Waals surface area (Å²) in [5, 5.41) is 4.86. The summed E-state index contributed by atoms with van der Waals surface area (Å²) in [5.74, 6) is 0. The van der Waals surface area contributed by atoms with Gasteiger partial charge in [0.25, 0.3) is 0 Å². The number of nitrogens with zero attached hydrogens (tertiary/aromatic N) is 2. The van der Waals surface area contributed by atoms with Crippen LogP contribution in [-0.2, 0) is 0 Å². The van der Waals surface area contributed by atoms with Crippen LogP contribution in [0, 0.1) is 6.92 Å². The molecule has 2 aromatic rings. The maximum absolute atomic E-state index is 4.67. The standard InChI is InChI=1S/C18H25N3/c1-3-10-19-13-15-7-6-11-21(15)18-12-14(2)20-17-9-5-4-8-16(17)18/h4-5,8-9,12,15,19H,3,6-7,10-11,13H2,1-2H3. The first-order valence-electron chi connectivity index (χ1n) is 8.13. The van der Waals surface area contributed by atoms with Gasteiger partial charge in [0.2, 0.25) is 0 Å². The first-order valence-corrected chi connectivity index (χ1v) is 8.13. The summed E-state index contributed by atoms with van der Waals surface area (Å²) in [5.41, 5.74) is 3.58. The Morgan fingerprint density at radius 3 is 3.05 bits per heavy atom. The Balaban J connectivity index is 1.91. The lowest BCUT2D eigenvalue weighted by Crippen LogP contribution is -2.38. The van der Waals surface area contributed by atoms with Gasteiger partial charge in [0.15, 0.2) is 0 Å². The van der Waals surface area contributed by atoms with E-state index in [0.29, 0.717) is 6.04 Å². The van der Waals surface area contributed by atoms with Gasteiger partial charge in [0.1, 0.15) is 0 Å². The zero-order valence-electron chi connectivity index (χ0n) is 13.1. The number of pyridine rings is 1. The van der Waals surface area contributed by atoms with Gasteiger partial charge in [0, 0.05) is 35.9 Å². The maximum atomic E-state index is 4.67. The zero-order valence-corrected chi connectivity index (χ0v) is 13.1. The fraction of sp³-hybridized carbons (Fsp3) is 0.500. The summed E-state index contributed by atoms with van der Waals surface area (Å²) in [4.78, 5) is 7.25. The number of anilines is 1. The van der Waals surface area contributed by atoms with E-state index >= 15 is 0 Å². The van der Waals surface area contributed by atoms with Crippen molar-refractivity contribution in [1.82, 2.24) is 10.3 Å². The van der Waals surface area contributed by atoms with E-state index in [1.165, 1.54) is 30.3 Å². The number of fused-ring (bicyclic) bond motifs is 1. The molecule has 3 rings (SSSR count). The Bertz CT molecular complexity index is 608. The summed E-state index contributed by atoms with van der Waals surface area (Å²) < 4.78 is 0. The summed E-state index contributed by atoms with van der Waals surface area (Å²) in [6.45, 7) is 7.67. The Kier molecular flexibility index (Phi) is 4.39. The van der Waals surface area contributed by atoms with Crippen LogP contribution in [0.5, 0.6) is 0 Å². The molecule has 1 fully saturated rings. The van der Waals surface area contributed by atoms with Crippen molar-refractivity contribution >= 4 is 16.6 Å². The lowest BCUT2D eigenvalue weighted by atomic mass is 10.1. The average molecular weight is 283 g/mol. The Morgan fingerprint density at radius 2 is 2.19 bits per heavy atom. The monoisotopic (exact) mass is 283 g/mol. The Labute approximate surface area is 127 Å². The van der Waals surface area contributed by atoms with Crippen LogP contribution in [0.25, 0.3) is 10.9 Å². The van der Waals surface area contributed by atoms with Gasteiger partial charge < -0.3 is 10.2 Å². The lowest BCUT2D eigenvalue weighted by Gasteiger charge is -2.28. The van der Waals surface area contributed by atoms with Gasteiger partial charge in [-0.15, -0.1) is 0 Å². The fourth-order valence-electron chi connectivity index (χ4n) is 3.33. The van der Waals surface area contributed by atoms with Crippen molar-refractivity contribution in [1.29, 1.82) is 0 Å². The molecule has 1 N–H and O–H groups in total. The summed E-state index contributed by atoms with van der Waals surface area (Å²) in [6, 6.07) is 11.4. The maximum Gasteiger partial charge on any atom is 0.0726 e. The number of nitrogens with one attached hydrogen (secondary N) is 1. The quantitative estimate of drug-likeness (QED) is 0.851. The molecule has 1 aliphatic rings. The van der Waals surface area contributed by atoms with Gasteiger partial charge in [-0.05, 0) is 44.9 Å². The molecular weight excluding hydrogens is 258 g/mol. The molecule has 1 aromatic heterocycles. The molecular formula is C18H25N3. The van der Waals surface area contributed by atoms with Gasteiger partial charge in [-0.2, -0.15) is 0 Å². The fourth-order valence-corrected chi connectivity index (χ4v) is 3.33. The van der Waals surface area contributed by atoms with Crippen LogP contribution >= 0.6 is 0 Å². The summed E-state index contributed by atoms with van der Waals surface area (Å²) >= 11 is 0. The lowest BCUT2D eigenvalue weighted by molar-refractivity contribution is 0.571. The zero-order chi connectivity index (χ0) is 14.7. The molecule has 3 nitrogen and oxygen atoms in total. The predicted molar refractivity (Wildman–Crippen MR) is 90.0 cm³/mol. The molecule has 0 spiro atoms. The molecule has 1 aromatic carbocycles. The molecule has 112 valence electrons. The van der Waals surface area contributed by atoms with Crippen molar-refractivity contribution in [3.8, 4) is 0 Å². The Morgan fingerprint density at radius 1 is 1.33 bits per heavy atom. The van der Waals surface area contributed by atoms with Crippen LogP contribution in [0.1, 0.15) is 31.9 Å². The average Bonchev–Trinajstić information content (AvgIpc) is 2.95. The molecule has 21 heavy (non-hydrogen) atoms. The van der Waals surface area contributed by atoms with E-state index in [2.05, 4.69) is 59.4 Å². The Hall–Kier alpha value is -1.61. The van der Waals surface area contributed by atoms with Crippen LogP contribution < -0.4 is 10.2 Å². The molecule has 0 amide bonds. The second-order valence-corrected chi connectivity index (χ2v) is 5.99. The van der Waals surface area contributed by atoms with Gasteiger partial charge >= 0.3 is 0 Å². The van der Waals surface area contributed by atoms with Crippen LogP contribution in [0.3, 0.4) is 0 Å². The van der Waals surface area contributed by atoms with Crippen molar-refractivity contribution in [2.24, 2.45) is 0 Å².